The van der Waals surface area contributed by atoms with Crippen molar-refractivity contribution in [3.63, 3.8) is 0 Å². The average molecular weight is 319 g/mol. The molecule has 0 aliphatic heterocycles. The maximum absolute atomic E-state index is 0. The SMILES string of the molecule is [GeH4].[GeH4].[GeH4].[Y]. The van der Waals surface area contributed by atoms with E-state index in [2.05, 4.69) is 0 Å². The van der Waals surface area contributed by atoms with Crippen molar-refractivity contribution in [1.29, 1.82) is 0 Å². The van der Waals surface area contributed by atoms with E-state index in [-0.39, 0.29) is 85.5 Å². The summed E-state index contributed by atoms with van der Waals surface area (Å²) in [6.45, 7) is 0. The molecule has 0 N–H and O–H groups in total. The largest absolute Gasteiger partial charge is 0 e. The molecule has 0 unspecified atom stereocenters. The molecule has 0 aliphatic rings. The molecule has 0 spiro atoms. The summed E-state index contributed by atoms with van der Waals surface area (Å²) in [6.07, 6.45) is 0. The van der Waals surface area contributed by atoms with Crippen LogP contribution < -0.4 is 0 Å². The van der Waals surface area contributed by atoms with Crippen LogP contribution in [0.2, 0.25) is 0 Å². The van der Waals surface area contributed by atoms with Crippen LogP contribution in [-0.4, -0.2) is 52.8 Å². The van der Waals surface area contributed by atoms with Gasteiger partial charge in [0.25, 0.3) is 0 Å². The smallest absolute Gasteiger partial charge is 0 e. The van der Waals surface area contributed by atoms with Crippen LogP contribution >= 0.6 is 0 Å². The van der Waals surface area contributed by atoms with E-state index in [0.29, 0.717) is 0 Å². The molecule has 0 saturated heterocycles. The molecule has 0 bridgehead atoms. The molecule has 0 aromatic rings. The normalized spacial score (nSPS) is 0. The molecule has 0 rings (SSSR count). The molecule has 0 aromatic carbocycles. The summed E-state index contributed by atoms with van der Waals surface area (Å²) in [7, 11) is 0. The second-order valence-electron chi connectivity index (χ2n) is 0. The Kier molecular flexibility index (Phi) is 127. The van der Waals surface area contributed by atoms with E-state index in [0.717, 1.165) is 0 Å². The van der Waals surface area contributed by atoms with E-state index in [1.807, 2.05) is 0 Å². The number of hydrogen-bond donors (Lipinski definition) is 0. The molecular weight excluding hydrogens is 307 g/mol. The van der Waals surface area contributed by atoms with Gasteiger partial charge in [-0.15, -0.1) is 0 Å². The number of rotatable bonds is 0. The summed E-state index contributed by atoms with van der Waals surface area (Å²) in [6, 6.07) is 0. The molecule has 0 aromatic heterocycles. The van der Waals surface area contributed by atoms with Crippen molar-refractivity contribution in [3.8, 4) is 0 Å². The van der Waals surface area contributed by atoms with Gasteiger partial charge in [0.1, 0.15) is 0 Å². The quantitative estimate of drug-likeness (QED) is 0.396. The topological polar surface area (TPSA) is 0 Å². The maximum Gasteiger partial charge on any atom is 0 e. The molecule has 0 nitrogen and oxygen atoms in total. The fourth-order valence-corrected chi connectivity index (χ4v) is 0. The van der Waals surface area contributed by atoms with Gasteiger partial charge in [-0.05, 0) is 0 Å². The van der Waals surface area contributed by atoms with Gasteiger partial charge in [0.05, 0.1) is 0 Å². The standard InChI is InChI=1S/3GeH4.Y/h3*1H4;. The Bertz CT molecular complexity index is 3.25. The van der Waals surface area contributed by atoms with Gasteiger partial charge in [-0.3, -0.25) is 0 Å². The summed E-state index contributed by atoms with van der Waals surface area (Å²) >= 11 is 0. The zero-order valence-electron chi connectivity index (χ0n) is 0.577. The monoisotopic (exact) mass is 323 g/mol. The van der Waals surface area contributed by atoms with E-state index >= 15 is 0 Å². The van der Waals surface area contributed by atoms with Gasteiger partial charge in [-0.2, -0.15) is 0 Å². The molecule has 1 radical (unpaired) electrons. The first-order chi connectivity index (χ1) is 0. The summed E-state index contributed by atoms with van der Waals surface area (Å²) in [5.41, 5.74) is 0. The summed E-state index contributed by atoms with van der Waals surface area (Å²) in [4.78, 5) is 0. The molecule has 4 heavy (non-hydrogen) atoms. The van der Waals surface area contributed by atoms with Crippen molar-refractivity contribution >= 4 is 52.8 Å². The fraction of sp³-hybridized carbons (Fsp3) is 0. The van der Waals surface area contributed by atoms with Gasteiger partial charge >= 0.3 is 52.8 Å². The zero-order valence-corrected chi connectivity index (χ0v) is 3.42. The molecule has 0 fully saturated rings. The molecular formula is H12Ge3Y. The third-order valence-electron chi connectivity index (χ3n) is 0. The summed E-state index contributed by atoms with van der Waals surface area (Å²) < 4.78 is 0. The molecule has 0 amide bonds. The van der Waals surface area contributed by atoms with Gasteiger partial charge in [0, 0.05) is 32.7 Å². The molecule has 27 valence electrons. The van der Waals surface area contributed by atoms with E-state index in [9.17, 15) is 0 Å². The second-order valence-corrected chi connectivity index (χ2v) is 0. The first kappa shape index (κ1) is 29.6. The van der Waals surface area contributed by atoms with E-state index in [1.54, 1.807) is 0 Å². The van der Waals surface area contributed by atoms with Crippen molar-refractivity contribution in [2.75, 3.05) is 0 Å². The third kappa shape index (κ3) is 8.83. The first-order valence-electron chi connectivity index (χ1n) is 0. The molecule has 0 aliphatic carbocycles. The Morgan fingerprint density at radius 1 is 0.500 bits per heavy atom. The minimum Gasteiger partial charge on any atom is 0 e. The maximum atomic E-state index is 0. The fourth-order valence-electron chi connectivity index (χ4n) is 0. The van der Waals surface area contributed by atoms with E-state index in [1.165, 1.54) is 0 Å². The Morgan fingerprint density at radius 3 is 0.500 bits per heavy atom. The van der Waals surface area contributed by atoms with Crippen molar-refractivity contribution in [2.24, 2.45) is 0 Å². The van der Waals surface area contributed by atoms with Crippen molar-refractivity contribution in [1.82, 2.24) is 0 Å². The Morgan fingerprint density at radius 2 is 0.500 bits per heavy atom. The molecule has 0 heterocycles. The van der Waals surface area contributed by atoms with Crippen molar-refractivity contribution < 1.29 is 32.7 Å². The minimum atomic E-state index is 0. The van der Waals surface area contributed by atoms with Crippen LogP contribution in [0.25, 0.3) is 0 Å². The van der Waals surface area contributed by atoms with Gasteiger partial charge in [-0.1, -0.05) is 0 Å². The first-order valence-corrected chi connectivity index (χ1v) is 0. The third-order valence-corrected chi connectivity index (χ3v) is 0. The molecule has 0 atom stereocenters. The predicted octanol–water partition coefficient (Wildman–Crippen LogP) is -4.36. The van der Waals surface area contributed by atoms with Crippen molar-refractivity contribution in [2.45, 2.75) is 0 Å². The second kappa shape index (κ2) is 17.2. The Labute approximate surface area is 84.0 Å². The van der Waals surface area contributed by atoms with Crippen LogP contribution in [0.5, 0.6) is 0 Å². The van der Waals surface area contributed by atoms with Crippen LogP contribution in [-0.2, 0) is 32.7 Å². The van der Waals surface area contributed by atoms with Crippen molar-refractivity contribution in [3.05, 3.63) is 0 Å². The average Bonchev–Trinajstić information content (AvgIpc) is 0. The van der Waals surface area contributed by atoms with Crippen LogP contribution in [0.1, 0.15) is 0 Å². The summed E-state index contributed by atoms with van der Waals surface area (Å²) in [5.74, 6) is 0. The van der Waals surface area contributed by atoms with Gasteiger partial charge < -0.3 is 0 Å². The minimum absolute atomic E-state index is 0. The zero-order chi connectivity index (χ0) is 0. The summed E-state index contributed by atoms with van der Waals surface area (Å²) in [5, 5.41) is 0. The van der Waals surface area contributed by atoms with Gasteiger partial charge in [0.15, 0.2) is 0 Å². The van der Waals surface area contributed by atoms with E-state index in [4.69, 9.17) is 0 Å². The molecule has 4 heteroatoms. The Balaban J connectivity index is 0. The van der Waals surface area contributed by atoms with E-state index < -0.39 is 0 Å². The van der Waals surface area contributed by atoms with Crippen LogP contribution in [0, 0.1) is 0 Å². The van der Waals surface area contributed by atoms with Gasteiger partial charge in [-0.25, -0.2) is 0 Å². The predicted molar refractivity (Wildman–Crippen MR) is 34.0 cm³/mol. The Hall–Kier alpha value is 2.73. The van der Waals surface area contributed by atoms with Crippen LogP contribution in [0.3, 0.4) is 0 Å². The van der Waals surface area contributed by atoms with Crippen LogP contribution in [0.15, 0.2) is 0 Å². The van der Waals surface area contributed by atoms with Gasteiger partial charge in [0.2, 0.25) is 0 Å². The van der Waals surface area contributed by atoms with Crippen LogP contribution in [0.4, 0.5) is 0 Å². The number of hydrogen-bond acceptors (Lipinski definition) is 0. The molecule has 0 saturated carbocycles.